The Hall–Kier alpha value is -2.85. The van der Waals surface area contributed by atoms with Crippen LogP contribution in [0.5, 0.6) is 5.75 Å². The van der Waals surface area contributed by atoms with E-state index in [-0.39, 0.29) is 24.6 Å². The average molecular weight is 467 g/mol. The molecule has 162 valence electrons. The number of carbonyl (C=O) groups is 2. The Labute approximate surface area is 186 Å². The van der Waals surface area contributed by atoms with Crippen molar-refractivity contribution >= 4 is 51.9 Å². The van der Waals surface area contributed by atoms with Crippen LogP contribution in [0.4, 0.5) is 18.9 Å². The molecule has 1 saturated heterocycles. The summed E-state index contributed by atoms with van der Waals surface area (Å²) >= 11 is 6.37. The zero-order chi connectivity index (χ0) is 22.6. The number of nitrogens with zero attached hydrogens (tertiary/aromatic N) is 1. The fraction of sp³-hybridized carbons (Fsp3) is 0.190. The predicted molar refractivity (Wildman–Crippen MR) is 118 cm³/mol. The average Bonchev–Trinajstić information content (AvgIpc) is 2.99. The van der Waals surface area contributed by atoms with Crippen LogP contribution in [0, 0.1) is 0 Å². The van der Waals surface area contributed by atoms with Crippen LogP contribution in [-0.2, 0) is 15.8 Å². The van der Waals surface area contributed by atoms with Crippen molar-refractivity contribution in [1.82, 2.24) is 4.90 Å². The van der Waals surface area contributed by atoms with Crippen LogP contribution in [0.1, 0.15) is 17.5 Å². The molecule has 0 saturated carbocycles. The number of thiocarbonyl (C=S) groups is 1. The third-order valence-electron chi connectivity index (χ3n) is 4.32. The number of hydrogen-bond donors (Lipinski definition) is 1. The third kappa shape index (κ3) is 5.86. The molecule has 0 unspecified atom stereocenters. The number of halogens is 3. The molecule has 0 aromatic heterocycles. The van der Waals surface area contributed by atoms with Crippen LogP contribution in [0.15, 0.2) is 53.4 Å². The largest absolute Gasteiger partial charge is 0.497 e. The second-order valence-corrected chi connectivity index (χ2v) is 8.16. The van der Waals surface area contributed by atoms with Crippen molar-refractivity contribution in [2.45, 2.75) is 12.6 Å². The Morgan fingerprint density at radius 3 is 2.58 bits per heavy atom. The Morgan fingerprint density at radius 2 is 1.94 bits per heavy atom. The number of benzene rings is 2. The van der Waals surface area contributed by atoms with Crippen molar-refractivity contribution in [2.75, 3.05) is 19.0 Å². The summed E-state index contributed by atoms with van der Waals surface area (Å²) in [7, 11) is 1.56. The molecule has 2 aromatic carbocycles. The van der Waals surface area contributed by atoms with E-state index in [1.165, 1.54) is 17.0 Å². The Morgan fingerprint density at radius 1 is 1.23 bits per heavy atom. The quantitative estimate of drug-likeness (QED) is 0.483. The summed E-state index contributed by atoms with van der Waals surface area (Å²) < 4.78 is 43.8. The number of methoxy groups -OCH3 is 1. The molecular weight excluding hydrogens is 449 g/mol. The van der Waals surface area contributed by atoms with Gasteiger partial charge in [0.2, 0.25) is 5.91 Å². The first kappa shape index (κ1) is 22.8. The van der Waals surface area contributed by atoms with Gasteiger partial charge in [-0.3, -0.25) is 14.5 Å². The van der Waals surface area contributed by atoms with Crippen LogP contribution < -0.4 is 10.1 Å². The summed E-state index contributed by atoms with van der Waals surface area (Å²) in [5, 5.41) is 2.42. The van der Waals surface area contributed by atoms with Gasteiger partial charge in [0.15, 0.2) is 0 Å². The van der Waals surface area contributed by atoms with Gasteiger partial charge < -0.3 is 10.1 Å². The van der Waals surface area contributed by atoms with Crippen LogP contribution in [0.3, 0.4) is 0 Å². The van der Waals surface area contributed by atoms with Gasteiger partial charge in [0.05, 0.1) is 17.6 Å². The van der Waals surface area contributed by atoms with Crippen LogP contribution in [0.2, 0.25) is 0 Å². The minimum Gasteiger partial charge on any atom is -0.497 e. The SMILES string of the molecule is COc1ccc(/C=C2\SC(=S)N(CCC(=O)Nc3cccc(C(F)(F)F)c3)C2=O)cc1. The lowest BCUT2D eigenvalue weighted by Crippen LogP contribution is -2.31. The summed E-state index contributed by atoms with van der Waals surface area (Å²) in [5.41, 5.74) is -0.0286. The first-order chi connectivity index (χ1) is 14.7. The van der Waals surface area contributed by atoms with Crippen molar-refractivity contribution in [3.63, 3.8) is 0 Å². The number of amides is 2. The second kappa shape index (κ2) is 9.52. The lowest BCUT2D eigenvalue weighted by atomic mass is 10.2. The standard InChI is InChI=1S/C21H17F3N2O3S2/c1-29-16-7-5-13(6-8-16)11-17-19(28)26(20(30)31-17)10-9-18(27)25-15-4-2-3-14(12-15)21(22,23)24/h2-8,11-12H,9-10H2,1H3,(H,25,27)/b17-11-. The van der Waals surface area contributed by atoms with E-state index in [0.717, 1.165) is 29.5 Å². The summed E-state index contributed by atoms with van der Waals surface area (Å²) in [6.45, 7) is 0.0232. The molecule has 2 amide bonds. The highest BCUT2D eigenvalue weighted by molar-refractivity contribution is 8.26. The molecule has 2 aromatic rings. The number of ether oxygens (including phenoxy) is 1. The number of thioether (sulfide) groups is 1. The lowest BCUT2D eigenvalue weighted by molar-refractivity contribution is -0.137. The van der Waals surface area contributed by atoms with Crippen molar-refractivity contribution in [3.05, 3.63) is 64.6 Å². The van der Waals surface area contributed by atoms with E-state index in [0.29, 0.717) is 15.0 Å². The van der Waals surface area contributed by atoms with E-state index in [4.69, 9.17) is 17.0 Å². The number of rotatable bonds is 6. The van der Waals surface area contributed by atoms with E-state index in [9.17, 15) is 22.8 Å². The normalized spacial score (nSPS) is 15.5. The van der Waals surface area contributed by atoms with Gasteiger partial charge in [0, 0.05) is 18.7 Å². The van der Waals surface area contributed by atoms with Crippen molar-refractivity contribution in [2.24, 2.45) is 0 Å². The predicted octanol–water partition coefficient (Wildman–Crippen LogP) is 4.94. The van der Waals surface area contributed by atoms with Crippen LogP contribution >= 0.6 is 24.0 Å². The lowest BCUT2D eigenvalue weighted by Gasteiger charge is -2.14. The molecule has 0 atom stereocenters. The second-order valence-electron chi connectivity index (χ2n) is 6.48. The number of nitrogens with one attached hydrogen (secondary N) is 1. The van der Waals surface area contributed by atoms with E-state index < -0.39 is 17.6 Å². The van der Waals surface area contributed by atoms with Gasteiger partial charge in [-0.25, -0.2) is 0 Å². The molecule has 1 N–H and O–H groups in total. The molecule has 10 heteroatoms. The Kier molecular flexibility index (Phi) is 7.01. The maximum absolute atomic E-state index is 12.8. The molecule has 1 aliphatic heterocycles. The molecule has 1 aliphatic rings. The fourth-order valence-corrected chi connectivity index (χ4v) is 4.06. The topological polar surface area (TPSA) is 58.6 Å². The maximum Gasteiger partial charge on any atom is 0.416 e. The zero-order valence-corrected chi connectivity index (χ0v) is 17.9. The highest BCUT2D eigenvalue weighted by atomic mass is 32.2. The Bertz CT molecular complexity index is 1040. The monoisotopic (exact) mass is 466 g/mol. The number of carbonyl (C=O) groups excluding carboxylic acids is 2. The van der Waals surface area contributed by atoms with Gasteiger partial charge in [0.25, 0.3) is 5.91 Å². The first-order valence-corrected chi connectivity index (χ1v) is 10.3. The molecule has 0 spiro atoms. The van der Waals surface area contributed by atoms with E-state index >= 15 is 0 Å². The first-order valence-electron chi connectivity index (χ1n) is 9.04. The van der Waals surface area contributed by atoms with E-state index in [2.05, 4.69) is 5.32 Å². The molecule has 0 bridgehead atoms. The highest BCUT2D eigenvalue weighted by Crippen LogP contribution is 2.33. The minimum atomic E-state index is -4.50. The summed E-state index contributed by atoms with van der Waals surface area (Å²) in [4.78, 5) is 26.5. The van der Waals surface area contributed by atoms with Gasteiger partial charge in [-0.1, -0.05) is 42.2 Å². The molecule has 0 aliphatic carbocycles. The zero-order valence-electron chi connectivity index (χ0n) is 16.2. The van der Waals surface area contributed by atoms with Gasteiger partial charge in [-0.2, -0.15) is 13.2 Å². The van der Waals surface area contributed by atoms with E-state index in [1.807, 2.05) is 0 Å². The van der Waals surface area contributed by atoms with Crippen molar-refractivity contribution in [1.29, 1.82) is 0 Å². The minimum absolute atomic E-state index is 0.0232. The van der Waals surface area contributed by atoms with Gasteiger partial charge in [0.1, 0.15) is 10.1 Å². The fourth-order valence-electron chi connectivity index (χ4n) is 2.75. The molecular formula is C21H17F3N2O3S2. The number of anilines is 1. The molecule has 1 fully saturated rings. The molecule has 1 heterocycles. The van der Waals surface area contributed by atoms with Crippen molar-refractivity contribution in [3.8, 4) is 5.75 Å². The third-order valence-corrected chi connectivity index (χ3v) is 5.70. The van der Waals surface area contributed by atoms with Gasteiger partial charge >= 0.3 is 6.18 Å². The molecule has 3 rings (SSSR count). The van der Waals surface area contributed by atoms with Crippen molar-refractivity contribution < 1.29 is 27.5 Å². The maximum atomic E-state index is 12.8. The number of hydrogen-bond acceptors (Lipinski definition) is 5. The number of alkyl halides is 3. The van der Waals surface area contributed by atoms with Crippen LogP contribution in [-0.4, -0.2) is 34.7 Å². The summed E-state index contributed by atoms with van der Waals surface area (Å²) in [5.74, 6) is -0.151. The smallest absolute Gasteiger partial charge is 0.416 e. The van der Waals surface area contributed by atoms with Gasteiger partial charge in [-0.05, 0) is 42.0 Å². The van der Waals surface area contributed by atoms with E-state index in [1.54, 1.807) is 37.5 Å². The van der Waals surface area contributed by atoms with Gasteiger partial charge in [-0.15, -0.1) is 0 Å². The molecule has 5 nitrogen and oxygen atoms in total. The molecule has 0 radical (unpaired) electrons. The Balaban J connectivity index is 1.60. The molecule has 31 heavy (non-hydrogen) atoms. The summed E-state index contributed by atoms with van der Waals surface area (Å²) in [6, 6.07) is 11.5. The van der Waals surface area contributed by atoms with Crippen LogP contribution in [0.25, 0.3) is 6.08 Å². The summed E-state index contributed by atoms with van der Waals surface area (Å²) in [6.07, 6.45) is -2.92. The highest BCUT2D eigenvalue weighted by Gasteiger charge is 2.32.